The Morgan fingerprint density at radius 2 is 2.16 bits per heavy atom. The van der Waals surface area contributed by atoms with E-state index in [1.165, 1.54) is 4.90 Å². The van der Waals surface area contributed by atoms with E-state index in [0.29, 0.717) is 31.4 Å². The van der Waals surface area contributed by atoms with Crippen LogP contribution in [0.5, 0.6) is 5.75 Å². The van der Waals surface area contributed by atoms with E-state index >= 15 is 0 Å². The fourth-order valence-corrected chi connectivity index (χ4v) is 1.85. The van der Waals surface area contributed by atoms with E-state index < -0.39 is 6.10 Å². The van der Waals surface area contributed by atoms with Crippen LogP contribution in [0.2, 0.25) is 0 Å². The average molecular weight is 266 g/mol. The van der Waals surface area contributed by atoms with Crippen LogP contribution in [-0.2, 0) is 9.53 Å². The lowest BCUT2D eigenvalue weighted by atomic mass is 10.2. The summed E-state index contributed by atoms with van der Waals surface area (Å²) >= 11 is 0. The smallest absolute Gasteiger partial charge is 0.253 e. The van der Waals surface area contributed by atoms with Crippen molar-refractivity contribution in [2.24, 2.45) is 0 Å². The van der Waals surface area contributed by atoms with Gasteiger partial charge in [0.2, 0.25) is 5.95 Å². The van der Waals surface area contributed by atoms with Crippen LogP contribution in [0.25, 0.3) is 0 Å². The van der Waals surface area contributed by atoms with Gasteiger partial charge in [-0.15, -0.1) is 0 Å². The lowest BCUT2D eigenvalue weighted by Crippen LogP contribution is -2.50. The van der Waals surface area contributed by atoms with Crippen LogP contribution in [0, 0.1) is 0 Å². The normalized spacial score (nSPS) is 19.1. The standard InChI is InChI=1S/C12H18N4O3/c1-15(2)11(17)10-8-16(4-5-19-10)12-13-6-9(18-3)7-14-12/h6-7,10H,4-5,8H2,1-3H3. The van der Waals surface area contributed by atoms with Gasteiger partial charge >= 0.3 is 0 Å². The molecule has 1 atom stereocenters. The maximum absolute atomic E-state index is 11.9. The fraction of sp³-hybridized carbons (Fsp3) is 0.583. The fourth-order valence-electron chi connectivity index (χ4n) is 1.85. The number of rotatable bonds is 3. The first-order chi connectivity index (χ1) is 9.11. The summed E-state index contributed by atoms with van der Waals surface area (Å²) in [4.78, 5) is 23.8. The van der Waals surface area contributed by atoms with E-state index in [-0.39, 0.29) is 5.91 Å². The zero-order valence-electron chi connectivity index (χ0n) is 11.4. The van der Waals surface area contributed by atoms with E-state index in [1.807, 2.05) is 4.90 Å². The minimum atomic E-state index is -0.463. The van der Waals surface area contributed by atoms with Crippen molar-refractivity contribution >= 4 is 11.9 Å². The molecule has 1 amide bonds. The SMILES string of the molecule is COc1cnc(N2CCOC(C(=O)N(C)C)C2)nc1. The molecular formula is C12H18N4O3. The number of ether oxygens (including phenoxy) is 2. The largest absolute Gasteiger partial charge is 0.494 e. The van der Waals surface area contributed by atoms with Gasteiger partial charge in [-0.25, -0.2) is 9.97 Å². The Bertz CT molecular complexity index is 435. The van der Waals surface area contributed by atoms with Crippen molar-refractivity contribution in [2.45, 2.75) is 6.10 Å². The average Bonchev–Trinajstić information content (AvgIpc) is 2.46. The lowest BCUT2D eigenvalue weighted by Gasteiger charge is -2.33. The molecule has 0 aromatic carbocycles. The number of hydrogen-bond acceptors (Lipinski definition) is 6. The molecule has 0 aliphatic carbocycles. The molecule has 0 saturated carbocycles. The van der Waals surface area contributed by atoms with Gasteiger partial charge in [0.1, 0.15) is 0 Å². The van der Waals surface area contributed by atoms with E-state index in [1.54, 1.807) is 33.6 Å². The summed E-state index contributed by atoms with van der Waals surface area (Å²) in [7, 11) is 5.00. The molecule has 2 heterocycles. The van der Waals surface area contributed by atoms with Crippen LogP contribution >= 0.6 is 0 Å². The molecule has 0 spiro atoms. The van der Waals surface area contributed by atoms with Crippen molar-refractivity contribution in [2.75, 3.05) is 45.8 Å². The number of amides is 1. The number of likely N-dealkylation sites (N-methyl/N-ethyl adjacent to an activating group) is 1. The molecule has 1 aliphatic rings. The molecule has 104 valence electrons. The van der Waals surface area contributed by atoms with Gasteiger partial charge in [-0.05, 0) is 0 Å². The van der Waals surface area contributed by atoms with E-state index in [0.717, 1.165) is 0 Å². The van der Waals surface area contributed by atoms with Crippen LogP contribution in [-0.4, -0.2) is 67.8 Å². The predicted molar refractivity (Wildman–Crippen MR) is 69.2 cm³/mol. The second kappa shape index (κ2) is 5.83. The molecule has 1 aromatic rings. The van der Waals surface area contributed by atoms with Gasteiger partial charge in [0, 0.05) is 20.6 Å². The highest BCUT2D eigenvalue weighted by atomic mass is 16.5. The molecule has 0 bridgehead atoms. The summed E-state index contributed by atoms with van der Waals surface area (Å²) in [6.07, 6.45) is 2.76. The summed E-state index contributed by atoms with van der Waals surface area (Å²) in [5, 5.41) is 0. The maximum Gasteiger partial charge on any atom is 0.253 e. The van der Waals surface area contributed by atoms with Gasteiger partial charge in [0.25, 0.3) is 5.91 Å². The Balaban J connectivity index is 2.05. The first-order valence-corrected chi connectivity index (χ1v) is 6.05. The molecule has 1 aromatic heterocycles. The lowest BCUT2D eigenvalue weighted by molar-refractivity contribution is -0.141. The van der Waals surface area contributed by atoms with Crippen molar-refractivity contribution < 1.29 is 14.3 Å². The topological polar surface area (TPSA) is 67.8 Å². The van der Waals surface area contributed by atoms with Crippen LogP contribution in [0.15, 0.2) is 12.4 Å². The molecule has 1 unspecified atom stereocenters. The zero-order valence-corrected chi connectivity index (χ0v) is 11.4. The highest BCUT2D eigenvalue weighted by Gasteiger charge is 2.28. The first-order valence-electron chi connectivity index (χ1n) is 6.05. The third-order valence-electron chi connectivity index (χ3n) is 2.92. The molecule has 2 rings (SSSR count). The van der Waals surface area contributed by atoms with Gasteiger partial charge in [-0.3, -0.25) is 4.79 Å². The van der Waals surface area contributed by atoms with E-state index in [4.69, 9.17) is 9.47 Å². The molecule has 19 heavy (non-hydrogen) atoms. The Kier molecular flexibility index (Phi) is 4.16. The third-order valence-corrected chi connectivity index (χ3v) is 2.92. The van der Waals surface area contributed by atoms with Crippen LogP contribution in [0.1, 0.15) is 0 Å². The van der Waals surface area contributed by atoms with Crippen LogP contribution in [0.3, 0.4) is 0 Å². The Morgan fingerprint density at radius 1 is 1.47 bits per heavy atom. The molecule has 7 nitrogen and oxygen atoms in total. The maximum atomic E-state index is 11.9. The second-order valence-corrected chi connectivity index (χ2v) is 4.46. The molecule has 1 saturated heterocycles. The minimum Gasteiger partial charge on any atom is -0.494 e. The molecule has 0 radical (unpaired) electrons. The van der Waals surface area contributed by atoms with Gasteiger partial charge < -0.3 is 19.3 Å². The van der Waals surface area contributed by atoms with Gasteiger partial charge in [0.15, 0.2) is 11.9 Å². The van der Waals surface area contributed by atoms with Crippen LogP contribution < -0.4 is 9.64 Å². The number of hydrogen-bond donors (Lipinski definition) is 0. The predicted octanol–water partition coefficient (Wildman–Crippen LogP) is -0.221. The summed E-state index contributed by atoms with van der Waals surface area (Å²) in [6, 6.07) is 0. The Morgan fingerprint density at radius 3 is 2.74 bits per heavy atom. The molecular weight excluding hydrogens is 248 g/mol. The molecule has 0 N–H and O–H groups in total. The number of morpholine rings is 1. The van der Waals surface area contributed by atoms with Crippen molar-refractivity contribution in [3.63, 3.8) is 0 Å². The number of anilines is 1. The molecule has 1 aliphatic heterocycles. The van der Waals surface area contributed by atoms with Crippen molar-refractivity contribution in [3.05, 3.63) is 12.4 Å². The van der Waals surface area contributed by atoms with Crippen molar-refractivity contribution in [1.29, 1.82) is 0 Å². The number of aromatic nitrogens is 2. The second-order valence-electron chi connectivity index (χ2n) is 4.46. The zero-order chi connectivity index (χ0) is 13.8. The Labute approximate surface area is 112 Å². The Hall–Kier alpha value is -1.89. The van der Waals surface area contributed by atoms with Crippen LogP contribution in [0.4, 0.5) is 5.95 Å². The summed E-state index contributed by atoms with van der Waals surface area (Å²) in [5.41, 5.74) is 0. The molecule has 7 heteroatoms. The highest BCUT2D eigenvalue weighted by molar-refractivity contribution is 5.81. The monoisotopic (exact) mass is 266 g/mol. The van der Waals surface area contributed by atoms with Crippen molar-refractivity contribution in [3.8, 4) is 5.75 Å². The number of nitrogens with zero attached hydrogens (tertiary/aromatic N) is 4. The summed E-state index contributed by atoms with van der Waals surface area (Å²) in [6.45, 7) is 1.62. The summed E-state index contributed by atoms with van der Waals surface area (Å²) in [5.74, 6) is 1.15. The minimum absolute atomic E-state index is 0.0433. The molecule has 1 fully saturated rings. The van der Waals surface area contributed by atoms with Crippen molar-refractivity contribution in [1.82, 2.24) is 14.9 Å². The number of carbonyl (C=O) groups is 1. The number of methoxy groups -OCH3 is 1. The summed E-state index contributed by atoms with van der Waals surface area (Å²) < 4.78 is 10.5. The first kappa shape index (κ1) is 13.5. The van der Waals surface area contributed by atoms with E-state index in [2.05, 4.69) is 9.97 Å². The van der Waals surface area contributed by atoms with E-state index in [9.17, 15) is 4.79 Å². The van der Waals surface area contributed by atoms with Gasteiger partial charge in [-0.1, -0.05) is 0 Å². The highest BCUT2D eigenvalue weighted by Crippen LogP contribution is 2.15. The third kappa shape index (κ3) is 3.11. The van der Waals surface area contributed by atoms with Gasteiger partial charge in [0.05, 0.1) is 32.7 Å². The van der Waals surface area contributed by atoms with Gasteiger partial charge in [-0.2, -0.15) is 0 Å². The number of carbonyl (C=O) groups excluding carboxylic acids is 1. The quantitative estimate of drug-likeness (QED) is 0.753.